The molecular formula is C83H70N2O4. The molecule has 0 saturated heterocycles. The number of rotatable bonds is 14. The van der Waals surface area contributed by atoms with Gasteiger partial charge in [0.1, 0.15) is 23.0 Å². The fourth-order valence-corrected chi connectivity index (χ4v) is 13.7. The van der Waals surface area contributed by atoms with Crippen LogP contribution < -0.4 is 9.47 Å². The molecule has 2 aromatic heterocycles. The van der Waals surface area contributed by atoms with Crippen molar-refractivity contribution in [1.82, 2.24) is 9.13 Å². The Labute approximate surface area is 520 Å². The van der Waals surface area contributed by atoms with Gasteiger partial charge in [0.2, 0.25) is 0 Å². The Morgan fingerprint density at radius 3 is 0.865 bits per heavy atom. The number of nitrogens with zero attached hydrogens (tertiary/aromatic N) is 2. The zero-order valence-corrected chi connectivity index (χ0v) is 51.6. The number of benzene rings is 12. The van der Waals surface area contributed by atoms with E-state index < -0.39 is 0 Å². The summed E-state index contributed by atoms with van der Waals surface area (Å²) in [6.45, 7) is 16.9. The van der Waals surface area contributed by atoms with E-state index in [1.807, 2.05) is 60.7 Å². The highest BCUT2D eigenvalue weighted by molar-refractivity contribution is 6.13. The molecule has 0 aliphatic heterocycles. The van der Waals surface area contributed by atoms with E-state index in [1.54, 1.807) is 0 Å². The average molecular weight is 1160 g/mol. The molecule has 14 rings (SSSR count). The highest BCUT2D eigenvalue weighted by Crippen LogP contribution is 2.48. The number of para-hydroxylation sites is 2. The molecule has 0 bridgehead atoms. The van der Waals surface area contributed by atoms with Crippen LogP contribution >= 0.6 is 0 Å². The van der Waals surface area contributed by atoms with Crippen LogP contribution in [0.4, 0.5) is 0 Å². The van der Waals surface area contributed by atoms with E-state index in [1.165, 1.54) is 44.5 Å². The van der Waals surface area contributed by atoms with E-state index in [0.29, 0.717) is 40.4 Å². The molecular weight excluding hydrogens is 1090 g/mol. The van der Waals surface area contributed by atoms with E-state index in [0.717, 1.165) is 88.1 Å². The molecule has 12 aromatic carbocycles. The number of hydrogen-bond donors (Lipinski definition) is 2. The van der Waals surface area contributed by atoms with E-state index in [-0.39, 0.29) is 23.7 Å². The van der Waals surface area contributed by atoms with Crippen molar-refractivity contribution >= 4 is 43.6 Å². The fourth-order valence-electron chi connectivity index (χ4n) is 13.7. The van der Waals surface area contributed by atoms with E-state index in [2.05, 4.69) is 247 Å². The summed E-state index contributed by atoms with van der Waals surface area (Å²) in [5.74, 6) is 1.65. The van der Waals surface area contributed by atoms with E-state index >= 15 is 0 Å². The molecule has 89 heavy (non-hydrogen) atoms. The average Bonchev–Trinajstić information content (AvgIpc) is 1.61. The lowest BCUT2D eigenvalue weighted by Crippen LogP contribution is -2.23. The van der Waals surface area contributed by atoms with Crippen molar-refractivity contribution in [3.8, 4) is 101 Å². The summed E-state index contributed by atoms with van der Waals surface area (Å²) in [6, 6.07) is 85.1. The number of hydrogen-bond acceptors (Lipinski definition) is 4. The molecule has 0 amide bonds. The van der Waals surface area contributed by atoms with Crippen LogP contribution in [0.3, 0.4) is 0 Å². The van der Waals surface area contributed by atoms with Gasteiger partial charge in [-0.3, -0.25) is 0 Å². The molecule has 2 atom stereocenters. The number of phenolic OH excluding ortho intramolecular Hbond substituents is 2. The van der Waals surface area contributed by atoms with Crippen LogP contribution in [0.15, 0.2) is 243 Å². The third-order valence-electron chi connectivity index (χ3n) is 18.0. The number of ether oxygens (including phenoxy) is 2. The number of aromatic hydroxyl groups is 2. The van der Waals surface area contributed by atoms with Gasteiger partial charge in [-0.05, 0) is 218 Å². The van der Waals surface area contributed by atoms with Gasteiger partial charge >= 0.3 is 0 Å². The standard InChI is InChI=1S/C83H70N2O4/c1-50-41-72(82(86)78(43-50)84-74-37-33-58(62-25-13-9-21-52(62)3)46-68(74)69-47-59(34-38-75(69)84)63-26-14-10-22-53(63)4)66-29-17-19-31-80(66)88-56(7)45-57(8)89-81-32-20-18-30-67(81)73-42-51(2)44-79(83(73)87)85-76-39-35-60(64-27-15-11-23-54(64)5)48-70(76)71-49-61(36-40-77(71)85)65-28-16-12-24-55(65)6/h9-44,46-49,56-57,86-87H,45H2,1-8H3. The lowest BCUT2D eigenvalue weighted by Gasteiger charge is -2.24. The van der Waals surface area contributed by atoms with Crippen LogP contribution in [0, 0.1) is 41.5 Å². The van der Waals surface area contributed by atoms with Crippen LogP contribution in [0.25, 0.3) is 122 Å². The molecule has 6 nitrogen and oxygen atoms in total. The second kappa shape index (κ2) is 22.9. The second-order valence-corrected chi connectivity index (χ2v) is 24.3. The minimum absolute atomic E-state index is 0.164. The van der Waals surface area contributed by atoms with Crippen LogP contribution in [0.2, 0.25) is 0 Å². The third kappa shape index (κ3) is 10.2. The van der Waals surface area contributed by atoms with Crippen LogP contribution in [-0.4, -0.2) is 31.6 Å². The first kappa shape index (κ1) is 56.3. The van der Waals surface area contributed by atoms with Crippen LogP contribution in [0.5, 0.6) is 23.0 Å². The molecule has 2 N–H and O–H groups in total. The third-order valence-corrected chi connectivity index (χ3v) is 18.0. The molecule has 0 aliphatic rings. The second-order valence-electron chi connectivity index (χ2n) is 24.3. The monoisotopic (exact) mass is 1160 g/mol. The van der Waals surface area contributed by atoms with E-state index in [4.69, 9.17) is 9.47 Å². The zero-order valence-electron chi connectivity index (χ0n) is 51.6. The predicted molar refractivity (Wildman–Crippen MR) is 371 cm³/mol. The highest BCUT2D eigenvalue weighted by atomic mass is 16.5. The molecule has 2 heterocycles. The Morgan fingerprint density at radius 1 is 0.303 bits per heavy atom. The van der Waals surface area contributed by atoms with Crippen molar-refractivity contribution in [2.45, 2.75) is 74.0 Å². The van der Waals surface area contributed by atoms with Crippen LogP contribution in [0.1, 0.15) is 53.6 Å². The largest absolute Gasteiger partial charge is 0.505 e. The topological polar surface area (TPSA) is 68.8 Å². The lowest BCUT2D eigenvalue weighted by atomic mass is 9.97. The van der Waals surface area contributed by atoms with Gasteiger partial charge < -0.3 is 28.8 Å². The summed E-state index contributed by atoms with van der Waals surface area (Å²) >= 11 is 0. The number of fused-ring (bicyclic) bond motifs is 6. The summed E-state index contributed by atoms with van der Waals surface area (Å²) in [4.78, 5) is 0. The maximum absolute atomic E-state index is 12.8. The van der Waals surface area contributed by atoms with Crippen molar-refractivity contribution in [3.05, 3.63) is 276 Å². The molecule has 14 aromatic rings. The number of phenols is 2. The molecule has 0 fully saturated rings. The van der Waals surface area contributed by atoms with E-state index in [9.17, 15) is 10.2 Å². The Balaban J connectivity index is 0.775. The summed E-state index contributed by atoms with van der Waals surface area (Å²) in [7, 11) is 0. The van der Waals surface area contributed by atoms with Gasteiger partial charge in [0.05, 0.1) is 45.6 Å². The van der Waals surface area contributed by atoms with Gasteiger partial charge in [0, 0.05) is 50.2 Å². The SMILES string of the molecule is Cc1cc(-c2ccccc2OC(C)CC(C)Oc2ccccc2-c2cc(C)cc(-n3c4ccc(-c5ccccc5C)cc4c4cc(-c5ccccc5C)ccc43)c2O)c(O)c(-n2c3ccc(-c4ccccc4C)cc3c3cc(-c4ccccc4C)ccc32)c1. The minimum atomic E-state index is -0.293. The fraction of sp³-hybridized carbons (Fsp3) is 0.133. The quantitative estimate of drug-likeness (QED) is 0.114. The normalized spacial score (nSPS) is 12.3. The first-order chi connectivity index (χ1) is 43.3. The highest BCUT2D eigenvalue weighted by Gasteiger charge is 2.25. The van der Waals surface area contributed by atoms with Gasteiger partial charge in [-0.25, -0.2) is 0 Å². The predicted octanol–water partition coefficient (Wildman–Crippen LogP) is 21.8. The number of aryl methyl sites for hydroxylation is 6. The Hall–Kier alpha value is -10.6. The van der Waals surface area contributed by atoms with Crippen molar-refractivity contribution in [2.75, 3.05) is 0 Å². The Bertz CT molecular complexity index is 4570. The summed E-state index contributed by atoms with van der Waals surface area (Å²) in [6.07, 6.45) is -0.0383. The van der Waals surface area contributed by atoms with Gasteiger partial charge in [0.25, 0.3) is 0 Å². The van der Waals surface area contributed by atoms with Crippen molar-refractivity contribution < 1.29 is 19.7 Å². The maximum Gasteiger partial charge on any atom is 0.147 e. The smallest absolute Gasteiger partial charge is 0.147 e. The molecule has 6 heteroatoms. The lowest BCUT2D eigenvalue weighted by molar-refractivity contribution is 0.131. The Kier molecular flexibility index (Phi) is 14.5. The number of aromatic nitrogens is 2. The Morgan fingerprint density at radius 2 is 0.573 bits per heavy atom. The van der Waals surface area contributed by atoms with Crippen molar-refractivity contribution in [3.63, 3.8) is 0 Å². The van der Waals surface area contributed by atoms with Gasteiger partial charge in [-0.1, -0.05) is 158 Å². The first-order valence-corrected chi connectivity index (χ1v) is 30.9. The molecule has 436 valence electrons. The zero-order chi connectivity index (χ0) is 61.2. The van der Waals surface area contributed by atoms with Gasteiger partial charge in [0.15, 0.2) is 0 Å². The molecule has 0 radical (unpaired) electrons. The molecule has 0 spiro atoms. The molecule has 0 saturated carbocycles. The molecule has 0 aliphatic carbocycles. The maximum atomic E-state index is 12.8. The summed E-state index contributed by atoms with van der Waals surface area (Å²) in [5, 5.41) is 30.0. The van der Waals surface area contributed by atoms with Crippen molar-refractivity contribution in [2.24, 2.45) is 0 Å². The molecule has 2 unspecified atom stereocenters. The summed E-state index contributed by atoms with van der Waals surface area (Å²) in [5.41, 5.74) is 24.5. The van der Waals surface area contributed by atoms with Crippen LogP contribution in [-0.2, 0) is 0 Å². The van der Waals surface area contributed by atoms with Crippen molar-refractivity contribution in [1.29, 1.82) is 0 Å². The van der Waals surface area contributed by atoms with Gasteiger partial charge in [-0.2, -0.15) is 0 Å². The first-order valence-electron chi connectivity index (χ1n) is 30.9. The minimum Gasteiger partial charge on any atom is -0.505 e. The summed E-state index contributed by atoms with van der Waals surface area (Å²) < 4.78 is 18.3. The van der Waals surface area contributed by atoms with Gasteiger partial charge in [-0.15, -0.1) is 0 Å².